The van der Waals surface area contributed by atoms with Gasteiger partial charge in [-0.25, -0.2) is 4.79 Å². The van der Waals surface area contributed by atoms with Crippen LogP contribution in [-0.4, -0.2) is 34.1 Å². The molecular formula is C13H20N4O2. The molecule has 0 aliphatic heterocycles. The third-order valence-corrected chi connectivity index (χ3v) is 3.17. The van der Waals surface area contributed by atoms with E-state index in [1.54, 1.807) is 6.07 Å². The number of H-pyrrole nitrogens is 1. The second-order valence-corrected chi connectivity index (χ2v) is 4.89. The summed E-state index contributed by atoms with van der Waals surface area (Å²) >= 11 is 0. The summed E-state index contributed by atoms with van der Waals surface area (Å²) in [7, 11) is 2.06. The van der Waals surface area contributed by atoms with Crippen molar-refractivity contribution >= 4 is 0 Å². The Morgan fingerprint density at radius 3 is 2.68 bits per heavy atom. The van der Waals surface area contributed by atoms with Crippen molar-refractivity contribution in [2.75, 3.05) is 13.6 Å². The molecule has 0 unspecified atom stereocenters. The highest BCUT2D eigenvalue weighted by atomic mass is 16.2. The molecule has 0 atom stereocenters. The number of nitrogens with zero attached hydrogens (tertiary/aromatic N) is 3. The summed E-state index contributed by atoms with van der Waals surface area (Å²) in [6, 6.07) is 2.28. The van der Waals surface area contributed by atoms with Gasteiger partial charge in [-0.15, -0.1) is 0 Å². The predicted molar refractivity (Wildman–Crippen MR) is 73.0 cm³/mol. The first kappa shape index (κ1) is 15.2. The monoisotopic (exact) mass is 264 g/mol. The normalized spacial score (nSPS) is 10.9. The Hall–Kier alpha value is -1.87. The average Bonchev–Trinajstić information content (AvgIpc) is 2.36. The molecular weight excluding hydrogens is 244 g/mol. The number of hydrogen-bond donors (Lipinski definition) is 1. The summed E-state index contributed by atoms with van der Waals surface area (Å²) in [5.41, 5.74) is -1.11. The third-order valence-electron chi connectivity index (χ3n) is 3.17. The van der Waals surface area contributed by atoms with Gasteiger partial charge in [0, 0.05) is 18.8 Å². The van der Waals surface area contributed by atoms with E-state index in [2.05, 4.69) is 30.8 Å². The summed E-state index contributed by atoms with van der Waals surface area (Å²) in [5, 5.41) is 8.75. The minimum atomic E-state index is -0.622. The Morgan fingerprint density at radius 1 is 1.42 bits per heavy atom. The number of rotatable bonds is 6. The van der Waals surface area contributed by atoms with E-state index in [1.807, 2.05) is 0 Å². The lowest BCUT2D eigenvalue weighted by atomic mass is 10.2. The van der Waals surface area contributed by atoms with Gasteiger partial charge in [-0.1, -0.05) is 0 Å². The van der Waals surface area contributed by atoms with Crippen LogP contribution in [0.5, 0.6) is 0 Å². The largest absolute Gasteiger partial charge is 0.328 e. The first-order valence-corrected chi connectivity index (χ1v) is 6.39. The zero-order valence-corrected chi connectivity index (χ0v) is 11.6. The van der Waals surface area contributed by atoms with E-state index in [0.29, 0.717) is 12.6 Å². The van der Waals surface area contributed by atoms with Crippen LogP contribution in [0.2, 0.25) is 0 Å². The van der Waals surface area contributed by atoms with Crippen molar-refractivity contribution in [1.82, 2.24) is 14.5 Å². The Labute approximate surface area is 112 Å². The smallest absolute Gasteiger partial charge is 0.304 e. The molecule has 0 radical (unpaired) electrons. The van der Waals surface area contributed by atoms with Crippen LogP contribution in [0.25, 0.3) is 0 Å². The fourth-order valence-corrected chi connectivity index (χ4v) is 1.66. The summed E-state index contributed by atoms with van der Waals surface area (Å²) in [4.78, 5) is 27.1. The molecule has 1 N–H and O–H groups in total. The van der Waals surface area contributed by atoms with Gasteiger partial charge >= 0.3 is 5.69 Å². The van der Waals surface area contributed by atoms with Crippen LogP contribution < -0.4 is 11.2 Å². The maximum absolute atomic E-state index is 11.5. The van der Waals surface area contributed by atoms with Crippen molar-refractivity contribution in [3.05, 3.63) is 32.6 Å². The summed E-state index contributed by atoms with van der Waals surface area (Å²) in [5.74, 6) is 0. The standard InChI is InChI=1S/C13H20N4O2/c1-10(2)16(3)6-4-5-7-17-9-11(8-14)12(18)15-13(17)19/h9-10H,4-7H2,1-3H3,(H,15,18,19). The average molecular weight is 264 g/mol. The number of hydrogen-bond acceptors (Lipinski definition) is 4. The van der Waals surface area contributed by atoms with Gasteiger partial charge in [0.25, 0.3) is 5.56 Å². The minimum absolute atomic E-state index is 0.0288. The van der Waals surface area contributed by atoms with E-state index in [9.17, 15) is 9.59 Å². The van der Waals surface area contributed by atoms with E-state index in [0.717, 1.165) is 19.4 Å². The van der Waals surface area contributed by atoms with Crippen molar-refractivity contribution in [2.24, 2.45) is 0 Å². The topological polar surface area (TPSA) is 81.9 Å². The number of aryl methyl sites for hydroxylation is 1. The molecule has 19 heavy (non-hydrogen) atoms. The third kappa shape index (κ3) is 4.38. The lowest BCUT2D eigenvalue weighted by molar-refractivity contribution is 0.266. The lowest BCUT2D eigenvalue weighted by Gasteiger charge is -2.20. The van der Waals surface area contributed by atoms with Crippen LogP contribution in [0, 0.1) is 11.3 Å². The van der Waals surface area contributed by atoms with Crippen LogP contribution in [-0.2, 0) is 6.54 Å². The first-order valence-electron chi connectivity index (χ1n) is 6.39. The molecule has 1 heterocycles. The minimum Gasteiger partial charge on any atom is -0.304 e. The highest BCUT2D eigenvalue weighted by Crippen LogP contribution is 1.99. The van der Waals surface area contributed by atoms with Gasteiger partial charge in [-0.2, -0.15) is 5.26 Å². The number of aromatic nitrogens is 2. The van der Waals surface area contributed by atoms with Gasteiger partial charge in [0.15, 0.2) is 0 Å². The molecule has 0 saturated carbocycles. The van der Waals surface area contributed by atoms with Gasteiger partial charge in [0.05, 0.1) is 0 Å². The van der Waals surface area contributed by atoms with Crippen molar-refractivity contribution in [3.8, 4) is 6.07 Å². The predicted octanol–water partition coefficient (Wildman–Crippen LogP) is 0.529. The lowest BCUT2D eigenvalue weighted by Crippen LogP contribution is -2.31. The van der Waals surface area contributed by atoms with E-state index in [-0.39, 0.29) is 5.56 Å². The number of nitrogens with one attached hydrogen (secondary N) is 1. The number of nitriles is 1. The fourth-order valence-electron chi connectivity index (χ4n) is 1.66. The van der Waals surface area contributed by atoms with E-state index >= 15 is 0 Å². The molecule has 0 bridgehead atoms. The van der Waals surface area contributed by atoms with Crippen LogP contribution in [0.1, 0.15) is 32.3 Å². The van der Waals surface area contributed by atoms with Gasteiger partial charge in [0.2, 0.25) is 0 Å². The molecule has 6 heteroatoms. The molecule has 104 valence electrons. The first-order chi connectivity index (χ1) is 8.95. The van der Waals surface area contributed by atoms with Crippen molar-refractivity contribution in [2.45, 2.75) is 39.3 Å². The molecule has 0 aromatic carbocycles. The zero-order chi connectivity index (χ0) is 14.4. The van der Waals surface area contributed by atoms with Gasteiger partial charge < -0.3 is 4.90 Å². The highest BCUT2D eigenvalue weighted by Gasteiger charge is 2.05. The molecule has 1 rings (SSSR count). The molecule has 6 nitrogen and oxygen atoms in total. The maximum Gasteiger partial charge on any atom is 0.328 e. The van der Waals surface area contributed by atoms with Gasteiger partial charge in [-0.3, -0.25) is 14.3 Å². The zero-order valence-electron chi connectivity index (χ0n) is 11.6. The van der Waals surface area contributed by atoms with Crippen molar-refractivity contribution < 1.29 is 0 Å². The number of unbranched alkanes of at least 4 members (excludes halogenated alkanes) is 1. The molecule has 0 fully saturated rings. The van der Waals surface area contributed by atoms with Crippen LogP contribution in [0.4, 0.5) is 0 Å². The Morgan fingerprint density at radius 2 is 2.11 bits per heavy atom. The second kappa shape index (κ2) is 6.90. The summed E-state index contributed by atoms with van der Waals surface area (Å²) in [6.45, 7) is 5.73. The molecule has 1 aromatic heterocycles. The quantitative estimate of drug-likeness (QED) is 0.760. The summed E-state index contributed by atoms with van der Waals surface area (Å²) < 4.78 is 1.38. The van der Waals surface area contributed by atoms with Crippen LogP contribution in [0.3, 0.4) is 0 Å². The van der Waals surface area contributed by atoms with Crippen molar-refractivity contribution in [3.63, 3.8) is 0 Å². The number of aromatic amines is 1. The molecule has 0 aliphatic rings. The molecule has 1 aromatic rings. The molecule has 0 saturated heterocycles. The van der Waals surface area contributed by atoms with E-state index in [1.165, 1.54) is 10.8 Å². The Kier molecular flexibility index (Phi) is 5.52. The van der Waals surface area contributed by atoms with E-state index < -0.39 is 11.2 Å². The summed E-state index contributed by atoms with van der Waals surface area (Å²) in [6.07, 6.45) is 3.11. The molecule has 0 spiro atoms. The molecule has 0 aliphatic carbocycles. The Bertz CT molecular complexity index is 565. The fraction of sp³-hybridized carbons (Fsp3) is 0.615. The van der Waals surface area contributed by atoms with Crippen molar-refractivity contribution in [1.29, 1.82) is 5.26 Å². The Balaban J connectivity index is 2.57. The highest BCUT2D eigenvalue weighted by molar-refractivity contribution is 5.21. The maximum atomic E-state index is 11.5. The second-order valence-electron chi connectivity index (χ2n) is 4.89. The van der Waals surface area contributed by atoms with Gasteiger partial charge in [0.1, 0.15) is 11.6 Å². The van der Waals surface area contributed by atoms with Gasteiger partial charge in [-0.05, 0) is 40.3 Å². The van der Waals surface area contributed by atoms with Crippen LogP contribution in [0.15, 0.2) is 15.8 Å². The van der Waals surface area contributed by atoms with E-state index in [4.69, 9.17) is 5.26 Å². The van der Waals surface area contributed by atoms with Crippen LogP contribution >= 0.6 is 0 Å². The molecule has 0 amide bonds. The SMILES string of the molecule is CC(C)N(C)CCCCn1cc(C#N)c(=O)[nH]c1=O.